The number of rotatable bonds is 5. The van der Waals surface area contributed by atoms with Crippen LogP contribution in [-0.4, -0.2) is 41.5 Å². The lowest BCUT2D eigenvalue weighted by Crippen LogP contribution is -2.41. The molecule has 2 N–H and O–H groups in total. The van der Waals surface area contributed by atoms with Gasteiger partial charge in [0, 0.05) is 0 Å². The number of nitrogens with one attached hydrogen (secondary N) is 1. The minimum absolute atomic E-state index is 0.226. The molecule has 0 saturated carbocycles. The third kappa shape index (κ3) is 4.84. The Morgan fingerprint density at radius 3 is 2.50 bits per heavy atom. The molecule has 1 saturated heterocycles. The molecule has 120 valence electrons. The van der Waals surface area contributed by atoms with Crippen LogP contribution in [-0.2, 0) is 9.59 Å². The van der Waals surface area contributed by atoms with E-state index in [-0.39, 0.29) is 12.5 Å². The van der Waals surface area contributed by atoms with Gasteiger partial charge in [0.05, 0.1) is 6.54 Å². The first kappa shape index (κ1) is 16.5. The lowest BCUT2D eigenvalue weighted by Gasteiger charge is -2.21. The van der Waals surface area contributed by atoms with E-state index in [0.29, 0.717) is 5.56 Å². The van der Waals surface area contributed by atoms with Gasteiger partial charge in [0.25, 0.3) is 0 Å². The normalized spacial score (nSPS) is 17.5. The SMILES string of the molecule is Cc1cccc([C@H](NC(=O)CN2CCCCCC2)C(=O)O)c1. The van der Waals surface area contributed by atoms with Gasteiger partial charge in [0.2, 0.25) is 5.91 Å². The minimum Gasteiger partial charge on any atom is -0.479 e. The summed E-state index contributed by atoms with van der Waals surface area (Å²) in [6.07, 6.45) is 4.62. The van der Waals surface area contributed by atoms with Crippen LogP contribution in [0, 0.1) is 6.92 Å². The first-order chi connectivity index (χ1) is 10.6. The van der Waals surface area contributed by atoms with Crippen molar-refractivity contribution in [1.29, 1.82) is 0 Å². The van der Waals surface area contributed by atoms with Crippen molar-refractivity contribution in [3.05, 3.63) is 35.4 Å². The second-order valence-electron chi connectivity index (χ2n) is 5.94. The fourth-order valence-electron chi connectivity index (χ4n) is 2.84. The van der Waals surface area contributed by atoms with Gasteiger partial charge in [-0.15, -0.1) is 0 Å². The number of aryl methyl sites for hydroxylation is 1. The van der Waals surface area contributed by atoms with Gasteiger partial charge in [-0.2, -0.15) is 0 Å². The summed E-state index contributed by atoms with van der Waals surface area (Å²) in [5.74, 6) is -1.26. The fourth-order valence-corrected chi connectivity index (χ4v) is 2.84. The monoisotopic (exact) mass is 304 g/mol. The van der Waals surface area contributed by atoms with E-state index in [2.05, 4.69) is 10.2 Å². The number of carbonyl (C=O) groups is 2. The highest BCUT2D eigenvalue weighted by atomic mass is 16.4. The second-order valence-corrected chi connectivity index (χ2v) is 5.94. The average molecular weight is 304 g/mol. The molecule has 1 aromatic carbocycles. The lowest BCUT2D eigenvalue weighted by molar-refractivity contribution is -0.142. The molecule has 5 nitrogen and oxygen atoms in total. The number of benzene rings is 1. The molecule has 22 heavy (non-hydrogen) atoms. The van der Waals surface area contributed by atoms with E-state index in [1.165, 1.54) is 12.8 Å². The van der Waals surface area contributed by atoms with Gasteiger partial charge in [-0.3, -0.25) is 9.69 Å². The number of aliphatic carboxylic acids is 1. The van der Waals surface area contributed by atoms with Gasteiger partial charge in [-0.05, 0) is 38.4 Å². The van der Waals surface area contributed by atoms with E-state index in [4.69, 9.17) is 0 Å². The predicted octanol–water partition coefficient (Wildman–Crippen LogP) is 2.11. The summed E-state index contributed by atoms with van der Waals surface area (Å²) in [6, 6.07) is 6.26. The number of hydrogen-bond acceptors (Lipinski definition) is 3. The molecule has 0 spiro atoms. The smallest absolute Gasteiger partial charge is 0.330 e. The molecule has 0 aliphatic carbocycles. The Labute approximate surface area is 131 Å². The summed E-state index contributed by atoms with van der Waals surface area (Å²) in [6.45, 7) is 4.00. The highest BCUT2D eigenvalue weighted by Crippen LogP contribution is 2.15. The summed E-state index contributed by atoms with van der Waals surface area (Å²) in [7, 11) is 0. The second kappa shape index (κ2) is 7.94. The Morgan fingerprint density at radius 2 is 1.91 bits per heavy atom. The van der Waals surface area contributed by atoms with E-state index in [1.54, 1.807) is 12.1 Å². The molecule has 0 aromatic heterocycles. The van der Waals surface area contributed by atoms with Gasteiger partial charge >= 0.3 is 5.97 Å². The van der Waals surface area contributed by atoms with Crippen molar-refractivity contribution >= 4 is 11.9 Å². The third-order valence-corrected chi connectivity index (χ3v) is 3.99. The molecule has 1 aromatic rings. The first-order valence-corrected chi connectivity index (χ1v) is 7.87. The molecule has 5 heteroatoms. The first-order valence-electron chi connectivity index (χ1n) is 7.87. The number of carboxylic acids is 1. The van der Waals surface area contributed by atoms with E-state index in [0.717, 1.165) is 31.5 Å². The molecular weight excluding hydrogens is 280 g/mol. The van der Waals surface area contributed by atoms with E-state index < -0.39 is 12.0 Å². The summed E-state index contributed by atoms with van der Waals surface area (Å²) in [5, 5.41) is 12.0. The highest BCUT2D eigenvalue weighted by molar-refractivity contribution is 5.85. The van der Waals surface area contributed by atoms with Gasteiger partial charge < -0.3 is 10.4 Å². The number of amides is 1. The largest absolute Gasteiger partial charge is 0.479 e. The van der Waals surface area contributed by atoms with Crippen molar-refractivity contribution in [2.75, 3.05) is 19.6 Å². The van der Waals surface area contributed by atoms with Gasteiger partial charge in [-0.1, -0.05) is 42.7 Å². The van der Waals surface area contributed by atoms with Crippen LogP contribution in [0.5, 0.6) is 0 Å². The zero-order chi connectivity index (χ0) is 15.9. The Kier molecular flexibility index (Phi) is 5.95. The number of nitrogens with zero attached hydrogens (tertiary/aromatic N) is 1. The molecular formula is C17H24N2O3. The number of likely N-dealkylation sites (tertiary alicyclic amines) is 1. The Morgan fingerprint density at radius 1 is 1.23 bits per heavy atom. The standard InChI is InChI=1S/C17H24N2O3/c1-13-7-6-8-14(11-13)16(17(21)22)18-15(20)12-19-9-4-2-3-5-10-19/h6-8,11,16H,2-5,9-10,12H2,1H3,(H,18,20)(H,21,22)/t16-/m0/s1. The minimum atomic E-state index is -1.03. The zero-order valence-electron chi connectivity index (χ0n) is 13.0. The number of hydrogen-bond donors (Lipinski definition) is 2. The summed E-state index contributed by atoms with van der Waals surface area (Å²) < 4.78 is 0. The van der Waals surface area contributed by atoms with Crippen LogP contribution in [0.2, 0.25) is 0 Å². The molecule has 2 rings (SSSR count). The van der Waals surface area contributed by atoms with Crippen LogP contribution in [0.25, 0.3) is 0 Å². The molecule has 1 heterocycles. The Bertz CT molecular complexity index is 522. The van der Waals surface area contributed by atoms with Crippen LogP contribution in [0.15, 0.2) is 24.3 Å². The summed E-state index contributed by atoms with van der Waals surface area (Å²) in [5.41, 5.74) is 1.59. The number of carboxylic acid groups (broad SMARTS) is 1. The van der Waals surface area contributed by atoms with Gasteiger partial charge in [0.1, 0.15) is 0 Å². The van der Waals surface area contributed by atoms with E-state index in [9.17, 15) is 14.7 Å². The van der Waals surface area contributed by atoms with Crippen LogP contribution in [0.4, 0.5) is 0 Å². The molecule has 1 atom stereocenters. The average Bonchev–Trinajstić information content (AvgIpc) is 2.73. The quantitative estimate of drug-likeness (QED) is 0.874. The predicted molar refractivity (Wildman–Crippen MR) is 84.6 cm³/mol. The van der Waals surface area contributed by atoms with Crippen molar-refractivity contribution in [1.82, 2.24) is 10.2 Å². The van der Waals surface area contributed by atoms with Gasteiger partial charge in [0.15, 0.2) is 6.04 Å². The van der Waals surface area contributed by atoms with Crippen LogP contribution in [0.1, 0.15) is 42.9 Å². The van der Waals surface area contributed by atoms with Crippen LogP contribution in [0.3, 0.4) is 0 Å². The number of carbonyl (C=O) groups excluding carboxylic acids is 1. The Balaban J connectivity index is 1.98. The van der Waals surface area contributed by atoms with Gasteiger partial charge in [-0.25, -0.2) is 4.79 Å². The summed E-state index contributed by atoms with van der Waals surface area (Å²) >= 11 is 0. The molecule has 1 aliphatic heterocycles. The molecule has 1 fully saturated rings. The maximum absolute atomic E-state index is 12.2. The highest BCUT2D eigenvalue weighted by Gasteiger charge is 2.23. The molecule has 0 radical (unpaired) electrons. The van der Waals surface area contributed by atoms with Crippen molar-refractivity contribution in [2.45, 2.75) is 38.6 Å². The van der Waals surface area contributed by atoms with Crippen LogP contribution < -0.4 is 5.32 Å². The zero-order valence-corrected chi connectivity index (χ0v) is 13.0. The van der Waals surface area contributed by atoms with E-state index in [1.807, 2.05) is 19.1 Å². The van der Waals surface area contributed by atoms with Crippen molar-refractivity contribution in [3.8, 4) is 0 Å². The fraction of sp³-hybridized carbons (Fsp3) is 0.529. The molecule has 1 aliphatic rings. The topological polar surface area (TPSA) is 69.6 Å². The Hall–Kier alpha value is -1.88. The lowest BCUT2D eigenvalue weighted by atomic mass is 10.0. The maximum atomic E-state index is 12.2. The van der Waals surface area contributed by atoms with Crippen molar-refractivity contribution < 1.29 is 14.7 Å². The molecule has 0 unspecified atom stereocenters. The van der Waals surface area contributed by atoms with E-state index >= 15 is 0 Å². The maximum Gasteiger partial charge on any atom is 0.330 e. The van der Waals surface area contributed by atoms with Crippen molar-refractivity contribution in [3.63, 3.8) is 0 Å². The molecule has 0 bridgehead atoms. The van der Waals surface area contributed by atoms with Crippen molar-refractivity contribution in [2.24, 2.45) is 0 Å². The third-order valence-electron chi connectivity index (χ3n) is 3.99. The summed E-state index contributed by atoms with van der Waals surface area (Å²) in [4.78, 5) is 25.8. The molecule has 1 amide bonds. The van der Waals surface area contributed by atoms with Crippen LogP contribution >= 0.6 is 0 Å².